The molecule has 1 heterocycles. The molecular weight excluding hydrogens is 270 g/mol. The summed E-state index contributed by atoms with van der Waals surface area (Å²) in [6.07, 6.45) is 4.14. The minimum absolute atomic E-state index is 0.0819. The maximum Gasteiger partial charge on any atom is 0.173 e. The van der Waals surface area contributed by atoms with Crippen molar-refractivity contribution < 1.29 is 9.67 Å². The Morgan fingerprint density at radius 2 is 1.27 bits per heavy atom. The third kappa shape index (κ3) is 3.68. The fourth-order valence-corrected chi connectivity index (χ4v) is 2.68. The minimum Gasteiger partial charge on any atom is -0.507 e. The molecule has 0 spiro atoms. The molecule has 2 aromatic rings. The first-order valence-corrected chi connectivity index (χ1v) is 7.90. The first-order valence-electron chi connectivity index (χ1n) is 7.90. The number of benzene rings is 1. The first-order chi connectivity index (χ1) is 10.1. The van der Waals surface area contributed by atoms with E-state index in [1.165, 1.54) is 5.56 Å². The molecule has 0 saturated heterocycles. The van der Waals surface area contributed by atoms with Gasteiger partial charge in [0.15, 0.2) is 18.9 Å². The molecule has 0 fully saturated rings. The Labute approximate surface area is 134 Å². The van der Waals surface area contributed by atoms with Crippen LogP contribution in [-0.4, -0.2) is 5.11 Å². The van der Waals surface area contributed by atoms with Crippen molar-refractivity contribution in [2.24, 2.45) is 0 Å². The highest BCUT2D eigenvalue weighted by Crippen LogP contribution is 2.39. The number of aromatic hydroxyl groups is 1. The summed E-state index contributed by atoms with van der Waals surface area (Å²) in [5.41, 5.74) is 3.10. The number of nitrogens with zero attached hydrogens (tertiary/aromatic N) is 1. The Balaban J connectivity index is 2.56. The average Bonchev–Trinajstić information content (AvgIpc) is 2.39. The third-order valence-corrected chi connectivity index (χ3v) is 3.93. The van der Waals surface area contributed by atoms with Crippen LogP contribution < -0.4 is 4.57 Å². The van der Waals surface area contributed by atoms with Gasteiger partial charge in [0.25, 0.3) is 0 Å². The number of phenols is 1. The second-order valence-electron chi connectivity index (χ2n) is 8.09. The summed E-state index contributed by atoms with van der Waals surface area (Å²) in [6.45, 7) is 13.7. The SMILES string of the molecule is CC(C)(C)c1cc(C[n+]2ccccc2)cc(C(C)(C)C)c1O. The van der Waals surface area contributed by atoms with E-state index in [9.17, 15) is 5.11 Å². The van der Waals surface area contributed by atoms with E-state index >= 15 is 0 Å². The number of aromatic nitrogens is 1. The number of hydrogen-bond donors (Lipinski definition) is 1. The van der Waals surface area contributed by atoms with Gasteiger partial charge < -0.3 is 5.11 Å². The van der Waals surface area contributed by atoms with Gasteiger partial charge in [0.05, 0.1) is 0 Å². The topological polar surface area (TPSA) is 24.1 Å². The van der Waals surface area contributed by atoms with Gasteiger partial charge in [-0.1, -0.05) is 47.6 Å². The molecule has 0 saturated carbocycles. The van der Waals surface area contributed by atoms with Gasteiger partial charge in [-0.3, -0.25) is 0 Å². The Hall–Kier alpha value is -1.83. The highest BCUT2D eigenvalue weighted by molar-refractivity contribution is 5.49. The molecule has 0 amide bonds. The molecule has 0 unspecified atom stereocenters. The molecular formula is C20H28NO+. The van der Waals surface area contributed by atoms with Gasteiger partial charge >= 0.3 is 0 Å². The van der Waals surface area contributed by atoms with Gasteiger partial charge in [0, 0.05) is 28.8 Å². The Kier molecular flexibility index (Phi) is 4.32. The van der Waals surface area contributed by atoms with Gasteiger partial charge in [-0.25, -0.2) is 4.57 Å². The van der Waals surface area contributed by atoms with E-state index in [-0.39, 0.29) is 10.8 Å². The van der Waals surface area contributed by atoms with E-state index < -0.39 is 0 Å². The lowest BCUT2D eigenvalue weighted by Gasteiger charge is -2.27. The normalized spacial score (nSPS) is 12.5. The third-order valence-electron chi connectivity index (χ3n) is 3.93. The summed E-state index contributed by atoms with van der Waals surface area (Å²) in [6, 6.07) is 10.4. The van der Waals surface area contributed by atoms with Crippen molar-refractivity contribution in [3.63, 3.8) is 0 Å². The quantitative estimate of drug-likeness (QED) is 0.820. The maximum absolute atomic E-state index is 10.7. The van der Waals surface area contributed by atoms with Crippen LogP contribution in [0.15, 0.2) is 42.7 Å². The van der Waals surface area contributed by atoms with Gasteiger partial charge in [-0.15, -0.1) is 0 Å². The molecule has 0 aliphatic rings. The lowest BCUT2D eigenvalue weighted by Crippen LogP contribution is -2.33. The molecule has 1 N–H and O–H groups in total. The van der Waals surface area contributed by atoms with E-state index in [4.69, 9.17) is 0 Å². The molecule has 0 bridgehead atoms. The summed E-state index contributed by atoms with van der Waals surface area (Å²) >= 11 is 0. The van der Waals surface area contributed by atoms with Crippen molar-refractivity contribution in [2.45, 2.75) is 58.9 Å². The van der Waals surface area contributed by atoms with Gasteiger partial charge in [-0.2, -0.15) is 0 Å². The Morgan fingerprint density at radius 1 is 0.818 bits per heavy atom. The second kappa shape index (κ2) is 5.75. The number of hydrogen-bond acceptors (Lipinski definition) is 1. The molecule has 1 aromatic heterocycles. The second-order valence-corrected chi connectivity index (χ2v) is 8.09. The molecule has 2 rings (SSSR count). The standard InChI is InChI=1S/C20H27NO/c1-19(2,3)16-12-15(14-21-10-8-7-9-11-21)13-17(18(16)22)20(4,5)6/h7-13H,14H2,1-6H3/p+1. The molecule has 22 heavy (non-hydrogen) atoms. The summed E-state index contributed by atoms with van der Waals surface area (Å²) < 4.78 is 2.16. The number of phenolic OH excluding ortho intramolecular Hbond substituents is 1. The molecule has 1 aromatic carbocycles. The predicted octanol–water partition coefficient (Wildman–Crippen LogP) is 4.32. The molecule has 0 aliphatic heterocycles. The van der Waals surface area contributed by atoms with Crippen molar-refractivity contribution in [1.82, 2.24) is 0 Å². The molecule has 0 aliphatic carbocycles. The molecule has 118 valence electrons. The van der Waals surface area contributed by atoms with Crippen LogP contribution in [0.25, 0.3) is 0 Å². The average molecular weight is 298 g/mol. The largest absolute Gasteiger partial charge is 0.507 e. The fourth-order valence-electron chi connectivity index (χ4n) is 2.68. The summed E-state index contributed by atoms with van der Waals surface area (Å²) in [5, 5.41) is 10.7. The van der Waals surface area contributed by atoms with Crippen molar-refractivity contribution in [1.29, 1.82) is 0 Å². The summed E-state index contributed by atoms with van der Waals surface area (Å²) in [4.78, 5) is 0. The zero-order valence-corrected chi connectivity index (χ0v) is 14.6. The van der Waals surface area contributed by atoms with Crippen LogP contribution in [0.2, 0.25) is 0 Å². The highest BCUT2D eigenvalue weighted by Gasteiger charge is 2.27. The van der Waals surface area contributed by atoms with E-state index in [1.54, 1.807) is 0 Å². The monoisotopic (exact) mass is 298 g/mol. The van der Waals surface area contributed by atoms with Crippen molar-refractivity contribution >= 4 is 0 Å². The van der Waals surface area contributed by atoms with Crippen LogP contribution in [-0.2, 0) is 17.4 Å². The lowest BCUT2D eigenvalue weighted by molar-refractivity contribution is -0.688. The molecule has 0 atom stereocenters. The lowest BCUT2D eigenvalue weighted by atomic mass is 9.78. The Bertz CT molecular complexity index is 611. The first kappa shape index (κ1) is 16.5. The van der Waals surface area contributed by atoms with Crippen molar-refractivity contribution in [3.05, 3.63) is 59.4 Å². The predicted molar refractivity (Wildman–Crippen MR) is 91.2 cm³/mol. The van der Waals surface area contributed by atoms with E-state index in [1.807, 2.05) is 18.2 Å². The Morgan fingerprint density at radius 3 is 1.68 bits per heavy atom. The van der Waals surface area contributed by atoms with Crippen LogP contribution in [0.5, 0.6) is 5.75 Å². The minimum atomic E-state index is -0.0819. The van der Waals surface area contributed by atoms with Gasteiger partial charge in [0.2, 0.25) is 0 Å². The number of rotatable bonds is 2. The van der Waals surface area contributed by atoms with Crippen LogP contribution in [0.4, 0.5) is 0 Å². The zero-order chi connectivity index (χ0) is 16.5. The van der Waals surface area contributed by atoms with Crippen molar-refractivity contribution in [3.8, 4) is 5.75 Å². The van der Waals surface area contributed by atoms with E-state index in [0.29, 0.717) is 5.75 Å². The number of pyridine rings is 1. The van der Waals surface area contributed by atoms with Crippen LogP contribution in [0, 0.1) is 0 Å². The smallest absolute Gasteiger partial charge is 0.173 e. The van der Waals surface area contributed by atoms with Crippen LogP contribution >= 0.6 is 0 Å². The van der Waals surface area contributed by atoms with Crippen LogP contribution in [0.1, 0.15) is 58.2 Å². The fraction of sp³-hybridized carbons (Fsp3) is 0.450. The van der Waals surface area contributed by atoms with E-state index in [2.05, 4.69) is 70.6 Å². The zero-order valence-electron chi connectivity index (χ0n) is 14.6. The van der Waals surface area contributed by atoms with Gasteiger partial charge in [-0.05, 0) is 23.0 Å². The molecule has 0 radical (unpaired) electrons. The summed E-state index contributed by atoms with van der Waals surface area (Å²) in [7, 11) is 0. The highest BCUT2D eigenvalue weighted by atomic mass is 16.3. The summed E-state index contributed by atoms with van der Waals surface area (Å²) in [5.74, 6) is 0.446. The van der Waals surface area contributed by atoms with Gasteiger partial charge in [0.1, 0.15) is 5.75 Å². The molecule has 2 heteroatoms. The molecule has 2 nitrogen and oxygen atoms in total. The maximum atomic E-state index is 10.7. The van der Waals surface area contributed by atoms with E-state index in [0.717, 1.165) is 17.7 Å². The van der Waals surface area contributed by atoms with Crippen molar-refractivity contribution in [2.75, 3.05) is 0 Å². The van der Waals surface area contributed by atoms with Crippen LogP contribution in [0.3, 0.4) is 0 Å².